The summed E-state index contributed by atoms with van der Waals surface area (Å²) in [6.07, 6.45) is 4.08. The lowest BCUT2D eigenvalue weighted by Crippen LogP contribution is -1.59. The highest BCUT2D eigenvalue weighted by Crippen LogP contribution is 1.88. The first-order valence-corrected chi connectivity index (χ1v) is 5.95. The molecular weight excluding hydrogens is 223 g/mol. The summed E-state index contributed by atoms with van der Waals surface area (Å²) in [5.74, 6) is 0. The van der Waals surface area contributed by atoms with Crippen molar-refractivity contribution >= 4 is 22.6 Å². The van der Waals surface area contributed by atoms with Crippen LogP contribution in [0.25, 0.3) is 0 Å². The first-order chi connectivity index (χ1) is 4.41. The third-order valence-corrected chi connectivity index (χ3v) is 0.707. The molecule has 0 bridgehead atoms. The fraction of sp³-hybridized carbons (Fsp3) is 1.00. The smallest absolute Gasteiger partial charge is 0.0121 e. The standard InChI is InChI=1S/C5H12.C2H6.CH3I/c1-3-5-4-2;2*1-2/h3-5H2,1-2H3;1-2H3;1H3. The molecule has 0 heterocycles. The van der Waals surface area contributed by atoms with Gasteiger partial charge in [0.1, 0.15) is 0 Å². The van der Waals surface area contributed by atoms with Gasteiger partial charge < -0.3 is 0 Å². The molecule has 0 aromatic carbocycles. The minimum Gasteiger partial charge on any atom is -0.0901 e. The van der Waals surface area contributed by atoms with Crippen molar-refractivity contribution in [1.82, 2.24) is 0 Å². The molecule has 0 aromatic rings. The molecule has 0 saturated heterocycles. The molecule has 0 unspecified atom stereocenters. The zero-order valence-electron chi connectivity index (χ0n) is 7.50. The molecule has 0 spiro atoms. The first-order valence-electron chi connectivity index (χ1n) is 3.79. The molecule has 0 fully saturated rings. The van der Waals surface area contributed by atoms with Gasteiger partial charge in [-0.3, -0.25) is 0 Å². The highest BCUT2D eigenvalue weighted by molar-refractivity contribution is 14.1. The zero-order chi connectivity index (χ0) is 8.12. The van der Waals surface area contributed by atoms with Gasteiger partial charge in [-0.2, -0.15) is 0 Å². The van der Waals surface area contributed by atoms with Gasteiger partial charge in [0.05, 0.1) is 0 Å². The van der Waals surface area contributed by atoms with Gasteiger partial charge in [0.2, 0.25) is 0 Å². The Balaban J connectivity index is -0.0000000771. The maximum absolute atomic E-state index is 2.21. The van der Waals surface area contributed by atoms with Gasteiger partial charge in [-0.1, -0.05) is 69.5 Å². The van der Waals surface area contributed by atoms with E-state index in [0.717, 1.165) is 0 Å². The van der Waals surface area contributed by atoms with Gasteiger partial charge in [-0.15, -0.1) is 0 Å². The van der Waals surface area contributed by atoms with Crippen molar-refractivity contribution in [3.63, 3.8) is 0 Å². The predicted molar refractivity (Wildman–Crippen MR) is 56.5 cm³/mol. The molecule has 0 N–H and O–H groups in total. The van der Waals surface area contributed by atoms with Crippen LogP contribution >= 0.6 is 22.6 Å². The average Bonchev–Trinajstić information content (AvgIpc) is 1.98. The van der Waals surface area contributed by atoms with E-state index in [-0.39, 0.29) is 0 Å². The summed E-state index contributed by atoms with van der Waals surface area (Å²) in [5, 5.41) is 0. The third kappa shape index (κ3) is 53.1. The molecule has 1 heteroatoms. The summed E-state index contributed by atoms with van der Waals surface area (Å²) in [4.78, 5) is 1.97. The Labute approximate surface area is 74.6 Å². The minimum absolute atomic E-state index is 1.34. The molecule has 60 valence electrons. The lowest BCUT2D eigenvalue weighted by atomic mass is 10.3. The maximum atomic E-state index is 2.21. The number of unbranched alkanes of at least 4 members (excludes halogenated alkanes) is 2. The molecule has 0 saturated carbocycles. The molecular formula is C8H21I. The topological polar surface area (TPSA) is 0 Å². The van der Waals surface area contributed by atoms with Gasteiger partial charge in [-0.05, 0) is 4.93 Å². The fourth-order valence-corrected chi connectivity index (χ4v) is 0.354. The summed E-state index contributed by atoms with van der Waals surface area (Å²) in [7, 11) is 0. The Morgan fingerprint density at radius 3 is 1.11 bits per heavy atom. The molecule has 0 rings (SSSR count). The lowest BCUT2D eigenvalue weighted by molar-refractivity contribution is 0.772. The van der Waals surface area contributed by atoms with Gasteiger partial charge in [0.25, 0.3) is 0 Å². The van der Waals surface area contributed by atoms with Crippen LogP contribution in [0.4, 0.5) is 0 Å². The molecule has 0 aliphatic heterocycles. The highest BCUT2D eigenvalue weighted by Gasteiger charge is 1.68. The van der Waals surface area contributed by atoms with Gasteiger partial charge in [-0.25, -0.2) is 0 Å². The molecule has 0 aromatic heterocycles. The van der Waals surface area contributed by atoms with E-state index in [9.17, 15) is 0 Å². The largest absolute Gasteiger partial charge is 0.0901 e. The second kappa shape index (κ2) is 37.5. The van der Waals surface area contributed by atoms with Crippen molar-refractivity contribution in [3.05, 3.63) is 0 Å². The van der Waals surface area contributed by atoms with Crippen molar-refractivity contribution < 1.29 is 0 Å². The molecule has 0 amide bonds. The summed E-state index contributed by atoms with van der Waals surface area (Å²) >= 11 is 2.15. The van der Waals surface area contributed by atoms with Crippen LogP contribution in [0.1, 0.15) is 47.0 Å². The highest BCUT2D eigenvalue weighted by atomic mass is 127. The van der Waals surface area contributed by atoms with Crippen molar-refractivity contribution in [2.75, 3.05) is 4.93 Å². The summed E-state index contributed by atoms with van der Waals surface area (Å²) < 4.78 is 0. The Kier molecular flexibility index (Phi) is 68.2. The van der Waals surface area contributed by atoms with Gasteiger partial charge in [0.15, 0.2) is 0 Å². The summed E-state index contributed by atoms with van der Waals surface area (Å²) in [6.45, 7) is 8.42. The molecule has 0 atom stereocenters. The van der Waals surface area contributed by atoms with E-state index in [4.69, 9.17) is 0 Å². The Morgan fingerprint density at radius 1 is 0.889 bits per heavy atom. The SMILES string of the molecule is CC.CCCCC.CI. The third-order valence-electron chi connectivity index (χ3n) is 0.707. The van der Waals surface area contributed by atoms with Crippen LogP contribution in [0.5, 0.6) is 0 Å². The number of hydrogen-bond donors (Lipinski definition) is 0. The van der Waals surface area contributed by atoms with Crippen LogP contribution < -0.4 is 0 Å². The van der Waals surface area contributed by atoms with Crippen LogP contribution in [0.15, 0.2) is 0 Å². The molecule has 0 radical (unpaired) electrons. The molecule has 0 aliphatic rings. The van der Waals surface area contributed by atoms with Crippen LogP contribution in [-0.4, -0.2) is 4.93 Å². The minimum atomic E-state index is 1.34. The van der Waals surface area contributed by atoms with Crippen LogP contribution in [0.2, 0.25) is 0 Å². The average molecular weight is 244 g/mol. The van der Waals surface area contributed by atoms with Gasteiger partial charge >= 0.3 is 0 Å². The van der Waals surface area contributed by atoms with Crippen molar-refractivity contribution in [3.8, 4) is 0 Å². The Bertz CT molecular complexity index is 12.0. The normalized spacial score (nSPS) is 6.00. The van der Waals surface area contributed by atoms with Gasteiger partial charge in [0, 0.05) is 0 Å². The number of halogens is 1. The van der Waals surface area contributed by atoms with E-state index in [1.807, 2.05) is 18.8 Å². The van der Waals surface area contributed by atoms with Crippen LogP contribution in [0, 0.1) is 0 Å². The van der Waals surface area contributed by atoms with E-state index in [1.165, 1.54) is 19.3 Å². The van der Waals surface area contributed by atoms with Crippen molar-refractivity contribution in [2.24, 2.45) is 0 Å². The monoisotopic (exact) mass is 244 g/mol. The van der Waals surface area contributed by atoms with Crippen LogP contribution in [0.3, 0.4) is 0 Å². The predicted octanol–water partition coefficient (Wildman–Crippen LogP) is 4.27. The van der Waals surface area contributed by atoms with Crippen molar-refractivity contribution in [1.29, 1.82) is 0 Å². The second-order valence-electron chi connectivity index (χ2n) is 1.35. The van der Waals surface area contributed by atoms with E-state index in [1.54, 1.807) is 0 Å². The first kappa shape index (κ1) is 16.4. The molecule has 0 nitrogen and oxygen atoms in total. The summed E-state index contributed by atoms with van der Waals surface area (Å²) in [6, 6.07) is 0. The lowest BCUT2D eigenvalue weighted by Gasteiger charge is -1.79. The Morgan fingerprint density at radius 2 is 1.11 bits per heavy atom. The zero-order valence-corrected chi connectivity index (χ0v) is 9.66. The molecule has 9 heavy (non-hydrogen) atoms. The van der Waals surface area contributed by atoms with E-state index in [0.29, 0.717) is 0 Å². The number of hydrogen-bond acceptors (Lipinski definition) is 0. The quantitative estimate of drug-likeness (QED) is 0.502. The number of rotatable bonds is 2. The second-order valence-corrected chi connectivity index (χ2v) is 1.35. The molecule has 0 aliphatic carbocycles. The van der Waals surface area contributed by atoms with Crippen LogP contribution in [-0.2, 0) is 0 Å². The Hall–Kier alpha value is 0.730. The summed E-state index contributed by atoms with van der Waals surface area (Å²) in [5.41, 5.74) is 0. The van der Waals surface area contributed by atoms with E-state index < -0.39 is 0 Å². The van der Waals surface area contributed by atoms with E-state index >= 15 is 0 Å². The fourth-order valence-electron chi connectivity index (χ4n) is 0.354. The van der Waals surface area contributed by atoms with E-state index in [2.05, 4.69) is 36.4 Å². The number of alkyl halides is 1. The maximum Gasteiger partial charge on any atom is -0.0121 e. The van der Waals surface area contributed by atoms with Crippen molar-refractivity contribution in [2.45, 2.75) is 47.0 Å².